The molecule has 2 aromatic rings. The molecule has 0 aliphatic rings. The molecule has 0 fully saturated rings. The van der Waals surface area contributed by atoms with Crippen LogP contribution in [0.4, 0.5) is 11.4 Å². The Hall–Kier alpha value is -2.25. The molecule has 0 aliphatic heterocycles. The van der Waals surface area contributed by atoms with E-state index in [0.29, 0.717) is 28.6 Å². The molecule has 0 aliphatic carbocycles. The summed E-state index contributed by atoms with van der Waals surface area (Å²) in [5.74, 6) is 0.0452. The molecule has 1 amide bonds. The van der Waals surface area contributed by atoms with Gasteiger partial charge in [0.2, 0.25) is 15.9 Å². The Kier molecular flexibility index (Phi) is 6.73. The third-order valence-electron chi connectivity index (χ3n) is 4.04. The minimum Gasteiger partial charge on any atom is -0.495 e. The van der Waals surface area contributed by atoms with E-state index in [9.17, 15) is 13.2 Å². The molecule has 0 radical (unpaired) electrons. The van der Waals surface area contributed by atoms with E-state index in [1.165, 1.54) is 7.11 Å². The molecule has 8 heteroatoms. The molecule has 6 nitrogen and oxygen atoms in total. The maximum atomic E-state index is 12.8. The highest BCUT2D eigenvalue weighted by Gasteiger charge is 2.31. The minimum absolute atomic E-state index is 0.302. The van der Waals surface area contributed by atoms with E-state index < -0.39 is 22.0 Å². The van der Waals surface area contributed by atoms with Crippen molar-refractivity contribution in [1.29, 1.82) is 0 Å². The molecular weight excluding hydrogens is 388 g/mol. The van der Waals surface area contributed by atoms with E-state index in [0.717, 1.165) is 16.1 Å². The van der Waals surface area contributed by atoms with Gasteiger partial charge in [-0.3, -0.25) is 9.10 Å². The topological polar surface area (TPSA) is 75.7 Å². The van der Waals surface area contributed by atoms with Crippen LogP contribution in [0.2, 0.25) is 5.02 Å². The zero-order valence-electron chi connectivity index (χ0n) is 15.7. The fourth-order valence-electron chi connectivity index (χ4n) is 2.72. The molecule has 0 bridgehead atoms. The summed E-state index contributed by atoms with van der Waals surface area (Å²) in [4.78, 5) is 12.8. The molecule has 0 saturated heterocycles. The first-order chi connectivity index (χ1) is 12.7. The summed E-state index contributed by atoms with van der Waals surface area (Å²) in [5, 5.41) is 3.08. The summed E-state index contributed by atoms with van der Waals surface area (Å²) < 4.78 is 31.1. The monoisotopic (exact) mass is 410 g/mol. The Morgan fingerprint density at radius 3 is 2.33 bits per heavy atom. The van der Waals surface area contributed by atoms with Crippen molar-refractivity contribution in [2.75, 3.05) is 23.0 Å². The molecule has 0 aromatic heterocycles. The number of ether oxygens (including phenoxy) is 1. The number of amides is 1. The van der Waals surface area contributed by atoms with Crippen molar-refractivity contribution in [3.63, 3.8) is 0 Å². The van der Waals surface area contributed by atoms with Gasteiger partial charge in [0.15, 0.2) is 0 Å². The van der Waals surface area contributed by atoms with Crippen LogP contribution in [0.15, 0.2) is 42.5 Å². The normalized spacial score (nSPS) is 12.3. The Labute approximate surface area is 165 Å². The first-order valence-corrected chi connectivity index (χ1v) is 10.6. The van der Waals surface area contributed by atoms with E-state index in [2.05, 4.69) is 5.32 Å². The van der Waals surface area contributed by atoms with Gasteiger partial charge in [-0.05, 0) is 43.7 Å². The number of sulfonamides is 1. The van der Waals surface area contributed by atoms with Gasteiger partial charge in [-0.2, -0.15) is 0 Å². The number of rotatable bonds is 7. The molecule has 0 saturated carbocycles. The van der Waals surface area contributed by atoms with Crippen molar-refractivity contribution >= 4 is 38.9 Å². The van der Waals surface area contributed by atoms with Crippen LogP contribution in [-0.4, -0.2) is 33.7 Å². The molecule has 1 N–H and O–H groups in total. The van der Waals surface area contributed by atoms with Gasteiger partial charge < -0.3 is 10.1 Å². The summed E-state index contributed by atoms with van der Waals surface area (Å²) in [6.45, 7) is 3.67. The summed E-state index contributed by atoms with van der Waals surface area (Å²) in [6, 6.07) is 10.9. The van der Waals surface area contributed by atoms with Crippen molar-refractivity contribution in [1.82, 2.24) is 0 Å². The lowest BCUT2D eigenvalue weighted by molar-refractivity contribution is -0.117. The Morgan fingerprint density at radius 1 is 1.22 bits per heavy atom. The highest BCUT2D eigenvalue weighted by Crippen LogP contribution is 2.28. The number of carbonyl (C=O) groups excluding carboxylic acids is 1. The number of nitrogens with zero attached hydrogens (tertiary/aromatic N) is 1. The van der Waals surface area contributed by atoms with Gasteiger partial charge in [-0.15, -0.1) is 0 Å². The summed E-state index contributed by atoms with van der Waals surface area (Å²) in [6.07, 6.45) is 1.39. The summed E-state index contributed by atoms with van der Waals surface area (Å²) >= 11 is 6.09. The number of methoxy groups -OCH3 is 1. The second-order valence-electron chi connectivity index (χ2n) is 6.16. The number of hydrogen-bond donors (Lipinski definition) is 1. The average Bonchev–Trinajstić information content (AvgIpc) is 2.59. The molecule has 27 heavy (non-hydrogen) atoms. The summed E-state index contributed by atoms with van der Waals surface area (Å²) in [5.41, 5.74) is 1.90. The lowest BCUT2D eigenvalue weighted by Gasteiger charge is -2.30. The van der Waals surface area contributed by atoms with Crippen LogP contribution in [-0.2, 0) is 14.8 Å². The third kappa shape index (κ3) is 5.14. The Bertz CT molecular complexity index is 914. The van der Waals surface area contributed by atoms with E-state index in [1.54, 1.807) is 49.4 Å². The molecule has 0 unspecified atom stereocenters. The van der Waals surface area contributed by atoms with Gasteiger partial charge >= 0.3 is 0 Å². The zero-order chi connectivity index (χ0) is 20.2. The maximum Gasteiger partial charge on any atom is 0.248 e. The van der Waals surface area contributed by atoms with E-state index >= 15 is 0 Å². The number of carbonyl (C=O) groups is 1. The zero-order valence-corrected chi connectivity index (χ0v) is 17.3. The van der Waals surface area contributed by atoms with Crippen LogP contribution < -0.4 is 14.4 Å². The average molecular weight is 411 g/mol. The van der Waals surface area contributed by atoms with E-state index in [4.69, 9.17) is 16.3 Å². The van der Waals surface area contributed by atoms with Crippen molar-refractivity contribution in [3.8, 4) is 5.75 Å². The SMILES string of the molecule is CC[C@@H](C(=O)Nc1ccc(OC)c(Cl)c1)N(c1ccc(C)cc1)S(C)(=O)=O. The number of halogens is 1. The first kappa shape index (κ1) is 21.1. The molecule has 2 rings (SSSR count). The lowest BCUT2D eigenvalue weighted by atomic mass is 10.1. The predicted molar refractivity (Wildman–Crippen MR) is 109 cm³/mol. The lowest BCUT2D eigenvalue weighted by Crippen LogP contribution is -2.47. The smallest absolute Gasteiger partial charge is 0.248 e. The predicted octanol–water partition coefficient (Wildman–Crippen LogP) is 3.84. The Balaban J connectivity index is 2.34. The molecule has 146 valence electrons. The third-order valence-corrected chi connectivity index (χ3v) is 5.51. The first-order valence-electron chi connectivity index (χ1n) is 8.37. The van der Waals surface area contributed by atoms with Crippen molar-refractivity contribution in [3.05, 3.63) is 53.1 Å². The minimum atomic E-state index is -3.67. The van der Waals surface area contributed by atoms with Crippen molar-refractivity contribution in [2.24, 2.45) is 0 Å². The highest BCUT2D eigenvalue weighted by atomic mass is 35.5. The van der Waals surface area contributed by atoms with Crippen LogP contribution in [0.1, 0.15) is 18.9 Å². The fraction of sp³-hybridized carbons (Fsp3) is 0.316. The van der Waals surface area contributed by atoms with Crippen molar-refractivity contribution in [2.45, 2.75) is 26.3 Å². The van der Waals surface area contributed by atoms with Gasteiger partial charge in [0.25, 0.3) is 0 Å². The quantitative estimate of drug-likeness (QED) is 0.752. The van der Waals surface area contributed by atoms with Crippen LogP contribution in [0.3, 0.4) is 0 Å². The fourth-order valence-corrected chi connectivity index (χ4v) is 4.19. The van der Waals surface area contributed by atoms with Gasteiger partial charge in [-0.1, -0.05) is 36.2 Å². The molecule has 2 aromatic carbocycles. The largest absolute Gasteiger partial charge is 0.495 e. The van der Waals surface area contributed by atoms with Crippen LogP contribution in [0, 0.1) is 6.92 Å². The van der Waals surface area contributed by atoms with Gasteiger partial charge in [0, 0.05) is 5.69 Å². The van der Waals surface area contributed by atoms with Crippen LogP contribution in [0.5, 0.6) is 5.75 Å². The van der Waals surface area contributed by atoms with E-state index in [1.807, 2.05) is 6.92 Å². The van der Waals surface area contributed by atoms with Gasteiger partial charge in [0.05, 0.1) is 24.1 Å². The number of nitrogens with one attached hydrogen (secondary N) is 1. The number of aryl methyl sites for hydroxylation is 1. The molecule has 1 atom stereocenters. The molecule has 0 heterocycles. The van der Waals surface area contributed by atoms with Crippen LogP contribution in [0.25, 0.3) is 0 Å². The summed E-state index contributed by atoms with van der Waals surface area (Å²) in [7, 11) is -2.17. The second-order valence-corrected chi connectivity index (χ2v) is 8.42. The van der Waals surface area contributed by atoms with Gasteiger partial charge in [-0.25, -0.2) is 8.42 Å². The van der Waals surface area contributed by atoms with Crippen molar-refractivity contribution < 1.29 is 17.9 Å². The molecular formula is C19H23ClN2O4S. The van der Waals surface area contributed by atoms with Gasteiger partial charge in [0.1, 0.15) is 11.8 Å². The highest BCUT2D eigenvalue weighted by molar-refractivity contribution is 7.92. The van der Waals surface area contributed by atoms with E-state index in [-0.39, 0.29) is 0 Å². The maximum absolute atomic E-state index is 12.8. The number of anilines is 2. The number of benzene rings is 2. The standard InChI is InChI=1S/C19H23ClN2O4S/c1-5-17(19(23)21-14-8-11-18(26-3)16(20)12-14)22(27(4,24)25)15-9-6-13(2)7-10-15/h6-12,17H,5H2,1-4H3,(H,21,23)/t17-/m0/s1. The molecule has 0 spiro atoms. The second kappa shape index (κ2) is 8.63. The number of hydrogen-bond acceptors (Lipinski definition) is 4. The van der Waals surface area contributed by atoms with Crippen LogP contribution >= 0.6 is 11.6 Å². The Morgan fingerprint density at radius 2 is 1.85 bits per heavy atom.